The highest BCUT2D eigenvalue weighted by molar-refractivity contribution is 4.80. The molecule has 0 bridgehead atoms. The normalized spacial score (nSPS) is 28.8. The molecule has 3 heteroatoms. The highest BCUT2D eigenvalue weighted by Crippen LogP contribution is 2.18. The Morgan fingerprint density at radius 3 is 2.92 bits per heavy atom. The molecule has 12 heavy (non-hydrogen) atoms. The van der Waals surface area contributed by atoms with Crippen LogP contribution in [0.25, 0.3) is 0 Å². The Bertz CT molecular complexity index is 126. The van der Waals surface area contributed by atoms with Gasteiger partial charge in [0.15, 0.2) is 0 Å². The first-order chi connectivity index (χ1) is 5.75. The van der Waals surface area contributed by atoms with E-state index in [1.54, 1.807) is 0 Å². The second-order valence-corrected chi connectivity index (χ2v) is 3.63. The molecule has 2 atom stereocenters. The maximum absolute atomic E-state index is 9.49. The van der Waals surface area contributed by atoms with Crippen molar-refractivity contribution in [1.82, 2.24) is 4.90 Å². The summed E-state index contributed by atoms with van der Waals surface area (Å²) in [6.45, 7) is 4.60. The number of aliphatic hydroxyl groups is 1. The second kappa shape index (κ2) is 4.80. The van der Waals surface area contributed by atoms with Gasteiger partial charge in [0.1, 0.15) is 0 Å². The number of aliphatic hydroxyl groups excluding tert-OH is 1. The van der Waals surface area contributed by atoms with E-state index < -0.39 is 0 Å². The standard InChI is InChI=1S/C9H20N2O/c1-8(12)9-4-2-3-6-11(9)7-5-10/h8-9,12H,2-7,10H2,1H3/t8-,9+/m1/s1. The Morgan fingerprint density at radius 1 is 1.58 bits per heavy atom. The molecule has 1 aliphatic rings. The van der Waals surface area contributed by atoms with E-state index in [1.165, 1.54) is 12.8 Å². The van der Waals surface area contributed by atoms with Gasteiger partial charge in [-0.05, 0) is 26.3 Å². The van der Waals surface area contributed by atoms with E-state index >= 15 is 0 Å². The van der Waals surface area contributed by atoms with Crippen molar-refractivity contribution >= 4 is 0 Å². The van der Waals surface area contributed by atoms with E-state index in [-0.39, 0.29) is 6.10 Å². The molecule has 0 unspecified atom stereocenters. The number of hydrogen-bond donors (Lipinski definition) is 2. The molecule has 1 heterocycles. The SMILES string of the molecule is C[C@@H](O)[C@@H]1CCCCN1CCN. The van der Waals surface area contributed by atoms with Crippen LogP contribution in [0.1, 0.15) is 26.2 Å². The van der Waals surface area contributed by atoms with Crippen LogP contribution in [0.3, 0.4) is 0 Å². The van der Waals surface area contributed by atoms with Crippen molar-refractivity contribution < 1.29 is 5.11 Å². The zero-order valence-electron chi connectivity index (χ0n) is 7.87. The lowest BCUT2D eigenvalue weighted by Gasteiger charge is -2.37. The van der Waals surface area contributed by atoms with Crippen molar-refractivity contribution in [3.8, 4) is 0 Å². The zero-order valence-corrected chi connectivity index (χ0v) is 7.87. The topological polar surface area (TPSA) is 49.5 Å². The fourth-order valence-electron chi connectivity index (χ4n) is 2.01. The minimum absolute atomic E-state index is 0.211. The summed E-state index contributed by atoms with van der Waals surface area (Å²) in [5.74, 6) is 0. The Kier molecular flexibility index (Phi) is 3.98. The Balaban J connectivity index is 2.42. The molecule has 1 fully saturated rings. The third-order valence-electron chi connectivity index (χ3n) is 2.64. The molecule has 0 spiro atoms. The third-order valence-corrected chi connectivity index (χ3v) is 2.64. The zero-order chi connectivity index (χ0) is 8.97. The summed E-state index contributed by atoms with van der Waals surface area (Å²) in [4.78, 5) is 2.31. The molecule has 0 aliphatic carbocycles. The van der Waals surface area contributed by atoms with Crippen LogP contribution in [0.5, 0.6) is 0 Å². The largest absolute Gasteiger partial charge is 0.392 e. The van der Waals surface area contributed by atoms with Crippen molar-refractivity contribution in [3.05, 3.63) is 0 Å². The number of rotatable bonds is 3. The first-order valence-electron chi connectivity index (χ1n) is 4.88. The number of piperidine rings is 1. The predicted molar refractivity (Wildman–Crippen MR) is 49.9 cm³/mol. The van der Waals surface area contributed by atoms with Gasteiger partial charge < -0.3 is 10.8 Å². The van der Waals surface area contributed by atoms with Crippen molar-refractivity contribution in [2.75, 3.05) is 19.6 Å². The van der Waals surface area contributed by atoms with Gasteiger partial charge in [-0.3, -0.25) is 4.90 Å². The van der Waals surface area contributed by atoms with Gasteiger partial charge in [-0.1, -0.05) is 6.42 Å². The van der Waals surface area contributed by atoms with Crippen LogP contribution in [-0.2, 0) is 0 Å². The van der Waals surface area contributed by atoms with Crippen LogP contribution >= 0.6 is 0 Å². The Morgan fingerprint density at radius 2 is 2.33 bits per heavy atom. The average molecular weight is 172 g/mol. The fraction of sp³-hybridized carbons (Fsp3) is 1.00. The monoisotopic (exact) mass is 172 g/mol. The Hall–Kier alpha value is -0.120. The molecule has 0 amide bonds. The van der Waals surface area contributed by atoms with Gasteiger partial charge in [-0.25, -0.2) is 0 Å². The molecule has 0 aromatic heterocycles. The first-order valence-corrected chi connectivity index (χ1v) is 4.88. The molecular formula is C9H20N2O. The van der Waals surface area contributed by atoms with E-state index in [0.29, 0.717) is 12.6 Å². The molecule has 0 aromatic carbocycles. The minimum atomic E-state index is -0.211. The number of nitrogens with zero attached hydrogens (tertiary/aromatic N) is 1. The first kappa shape index (κ1) is 9.96. The maximum atomic E-state index is 9.49. The van der Waals surface area contributed by atoms with Crippen LogP contribution < -0.4 is 5.73 Å². The quantitative estimate of drug-likeness (QED) is 0.638. The summed E-state index contributed by atoms with van der Waals surface area (Å²) in [6.07, 6.45) is 3.41. The van der Waals surface area contributed by atoms with Crippen LogP contribution in [0.2, 0.25) is 0 Å². The molecule has 1 rings (SSSR count). The summed E-state index contributed by atoms with van der Waals surface area (Å²) in [5, 5.41) is 9.49. The molecular weight excluding hydrogens is 152 g/mol. The van der Waals surface area contributed by atoms with Gasteiger partial charge in [-0.2, -0.15) is 0 Å². The van der Waals surface area contributed by atoms with Crippen molar-refractivity contribution in [2.24, 2.45) is 5.73 Å². The molecule has 72 valence electrons. The lowest BCUT2D eigenvalue weighted by Crippen LogP contribution is -2.47. The molecule has 0 radical (unpaired) electrons. The second-order valence-electron chi connectivity index (χ2n) is 3.63. The van der Waals surface area contributed by atoms with Gasteiger partial charge in [-0.15, -0.1) is 0 Å². The number of hydrogen-bond acceptors (Lipinski definition) is 3. The summed E-state index contributed by atoms with van der Waals surface area (Å²) >= 11 is 0. The van der Waals surface area contributed by atoms with Gasteiger partial charge >= 0.3 is 0 Å². The molecule has 3 N–H and O–H groups in total. The summed E-state index contributed by atoms with van der Waals surface area (Å²) in [7, 11) is 0. The van der Waals surface area contributed by atoms with Crippen molar-refractivity contribution in [1.29, 1.82) is 0 Å². The van der Waals surface area contributed by atoms with E-state index in [0.717, 1.165) is 19.5 Å². The molecule has 1 saturated heterocycles. The molecule has 1 aliphatic heterocycles. The molecule has 0 saturated carbocycles. The highest BCUT2D eigenvalue weighted by Gasteiger charge is 2.24. The van der Waals surface area contributed by atoms with Gasteiger partial charge in [0, 0.05) is 19.1 Å². The number of likely N-dealkylation sites (tertiary alicyclic amines) is 1. The Labute approximate surface area is 74.5 Å². The third kappa shape index (κ3) is 2.44. The number of nitrogens with two attached hydrogens (primary N) is 1. The van der Waals surface area contributed by atoms with Gasteiger partial charge in [0.25, 0.3) is 0 Å². The fourth-order valence-corrected chi connectivity index (χ4v) is 2.01. The van der Waals surface area contributed by atoms with Crippen molar-refractivity contribution in [2.45, 2.75) is 38.3 Å². The molecule has 0 aromatic rings. The highest BCUT2D eigenvalue weighted by atomic mass is 16.3. The summed E-state index contributed by atoms with van der Waals surface area (Å²) in [5.41, 5.74) is 5.50. The predicted octanol–water partition coefficient (Wildman–Crippen LogP) is 0.180. The van der Waals surface area contributed by atoms with E-state index in [2.05, 4.69) is 4.90 Å². The van der Waals surface area contributed by atoms with Crippen LogP contribution in [0, 0.1) is 0 Å². The molecule has 3 nitrogen and oxygen atoms in total. The van der Waals surface area contributed by atoms with Crippen molar-refractivity contribution in [3.63, 3.8) is 0 Å². The smallest absolute Gasteiger partial charge is 0.0667 e. The summed E-state index contributed by atoms with van der Waals surface area (Å²) in [6, 6.07) is 0.349. The van der Waals surface area contributed by atoms with E-state index in [4.69, 9.17) is 5.73 Å². The lowest BCUT2D eigenvalue weighted by atomic mass is 9.98. The minimum Gasteiger partial charge on any atom is -0.392 e. The maximum Gasteiger partial charge on any atom is 0.0667 e. The average Bonchev–Trinajstić information content (AvgIpc) is 2.05. The van der Waals surface area contributed by atoms with Crippen LogP contribution in [0.15, 0.2) is 0 Å². The van der Waals surface area contributed by atoms with Gasteiger partial charge in [0.2, 0.25) is 0 Å². The van der Waals surface area contributed by atoms with Gasteiger partial charge in [0.05, 0.1) is 6.10 Å². The van der Waals surface area contributed by atoms with E-state index in [9.17, 15) is 5.11 Å². The van der Waals surface area contributed by atoms with Crippen LogP contribution in [-0.4, -0.2) is 41.8 Å². The van der Waals surface area contributed by atoms with Crippen LogP contribution in [0.4, 0.5) is 0 Å². The van der Waals surface area contributed by atoms with E-state index in [1.807, 2.05) is 6.92 Å². The summed E-state index contributed by atoms with van der Waals surface area (Å²) < 4.78 is 0. The lowest BCUT2D eigenvalue weighted by molar-refractivity contribution is 0.0385.